The highest BCUT2D eigenvalue weighted by Crippen LogP contribution is 2.15. The smallest absolute Gasteiger partial charge is 0.348 e. The van der Waals surface area contributed by atoms with Crippen LogP contribution in [0.3, 0.4) is 0 Å². The van der Waals surface area contributed by atoms with Crippen molar-refractivity contribution in [3.05, 3.63) is 27.8 Å². The van der Waals surface area contributed by atoms with Crippen LogP contribution >= 0.6 is 0 Å². The second kappa shape index (κ2) is 4.94. The Morgan fingerprint density at radius 1 is 1.69 bits per heavy atom. The summed E-state index contributed by atoms with van der Waals surface area (Å²) in [4.78, 5) is 15.6. The van der Waals surface area contributed by atoms with Gasteiger partial charge in [0.25, 0.3) is 0 Å². The lowest BCUT2D eigenvalue weighted by Crippen LogP contribution is -2.20. The van der Waals surface area contributed by atoms with Crippen LogP contribution in [-0.2, 0) is 0 Å². The number of aromatic hydroxyl groups is 1. The zero-order chi connectivity index (χ0) is 12.3. The molecule has 0 aliphatic carbocycles. The Morgan fingerprint density at radius 3 is 2.81 bits per heavy atom. The third-order valence-electron chi connectivity index (χ3n) is 2.03. The van der Waals surface area contributed by atoms with Crippen molar-refractivity contribution in [2.75, 3.05) is 6.54 Å². The number of aliphatic imine (C=N–C) groups is 1. The molecule has 0 saturated carbocycles. The maximum atomic E-state index is 11.5. The number of hydrogen-bond acceptors (Lipinski definition) is 5. The third-order valence-corrected chi connectivity index (χ3v) is 2.03. The highest BCUT2D eigenvalue weighted by Gasteiger charge is 2.12. The third kappa shape index (κ3) is 2.93. The second-order valence-corrected chi connectivity index (χ2v) is 3.81. The largest absolute Gasteiger partial charge is 0.507 e. The molecule has 88 valence electrons. The van der Waals surface area contributed by atoms with Gasteiger partial charge in [-0.05, 0) is 20.8 Å². The summed E-state index contributed by atoms with van der Waals surface area (Å²) in [7, 11) is 0. The fourth-order valence-corrected chi connectivity index (χ4v) is 1.29. The lowest BCUT2D eigenvalue weighted by molar-refractivity contribution is 0.432. The van der Waals surface area contributed by atoms with Crippen molar-refractivity contribution in [1.82, 2.24) is 0 Å². The lowest BCUT2D eigenvalue weighted by Gasteiger charge is -2.04. The molecule has 0 radical (unpaired) electrons. The predicted octanol–water partition coefficient (Wildman–Crippen LogP) is 0.810. The van der Waals surface area contributed by atoms with Gasteiger partial charge in [0.15, 0.2) is 0 Å². The SMILES string of the molecule is CC(=NC[C@@H](C)N)c1c(O)cc(C)oc1=O. The van der Waals surface area contributed by atoms with Crippen molar-refractivity contribution in [2.45, 2.75) is 26.8 Å². The molecule has 5 nitrogen and oxygen atoms in total. The van der Waals surface area contributed by atoms with E-state index in [0.717, 1.165) is 0 Å². The van der Waals surface area contributed by atoms with Gasteiger partial charge in [-0.1, -0.05) is 0 Å². The van der Waals surface area contributed by atoms with Gasteiger partial charge in [-0.15, -0.1) is 0 Å². The maximum absolute atomic E-state index is 11.5. The Kier molecular flexibility index (Phi) is 3.84. The van der Waals surface area contributed by atoms with Gasteiger partial charge >= 0.3 is 5.63 Å². The van der Waals surface area contributed by atoms with E-state index in [1.54, 1.807) is 13.8 Å². The molecular formula is C11H16N2O3. The molecular weight excluding hydrogens is 208 g/mol. The lowest BCUT2D eigenvalue weighted by atomic mass is 10.1. The molecule has 1 aromatic rings. The van der Waals surface area contributed by atoms with E-state index < -0.39 is 5.63 Å². The summed E-state index contributed by atoms with van der Waals surface area (Å²) in [6.45, 7) is 5.45. The highest BCUT2D eigenvalue weighted by atomic mass is 16.4. The van der Waals surface area contributed by atoms with Gasteiger partial charge in [0, 0.05) is 12.1 Å². The monoisotopic (exact) mass is 224 g/mol. The van der Waals surface area contributed by atoms with Crippen LogP contribution in [0, 0.1) is 6.92 Å². The van der Waals surface area contributed by atoms with Crippen LogP contribution in [0.25, 0.3) is 0 Å². The molecule has 1 atom stereocenters. The molecule has 0 fully saturated rings. The molecule has 0 aliphatic rings. The number of nitrogens with zero attached hydrogens (tertiary/aromatic N) is 1. The fourth-order valence-electron chi connectivity index (χ4n) is 1.29. The van der Waals surface area contributed by atoms with Crippen LogP contribution in [0.1, 0.15) is 25.2 Å². The molecule has 0 bridgehead atoms. The highest BCUT2D eigenvalue weighted by molar-refractivity contribution is 6.00. The maximum Gasteiger partial charge on any atom is 0.348 e. The number of aryl methyl sites for hydroxylation is 1. The predicted molar refractivity (Wildman–Crippen MR) is 62.1 cm³/mol. The standard InChI is InChI=1S/C11H16N2O3/c1-6(12)5-13-8(3)10-9(14)4-7(2)16-11(10)15/h4,6,14H,5,12H2,1-3H3/t6-/m1/s1. The molecule has 0 unspecified atom stereocenters. The first-order chi connectivity index (χ1) is 7.41. The average molecular weight is 224 g/mol. The van der Waals surface area contributed by atoms with Crippen molar-refractivity contribution >= 4 is 5.71 Å². The molecule has 1 heterocycles. The number of hydrogen-bond donors (Lipinski definition) is 2. The molecule has 0 aromatic carbocycles. The van der Waals surface area contributed by atoms with Gasteiger partial charge in [-0.25, -0.2) is 4.79 Å². The normalized spacial score (nSPS) is 13.9. The van der Waals surface area contributed by atoms with Crippen LogP contribution in [-0.4, -0.2) is 23.4 Å². The average Bonchev–Trinajstić information content (AvgIpc) is 2.12. The van der Waals surface area contributed by atoms with Crippen LogP contribution in [0.5, 0.6) is 5.75 Å². The minimum absolute atomic E-state index is 0.0883. The van der Waals surface area contributed by atoms with E-state index in [1.807, 2.05) is 6.92 Å². The van der Waals surface area contributed by atoms with E-state index in [0.29, 0.717) is 18.0 Å². The number of rotatable bonds is 3. The van der Waals surface area contributed by atoms with E-state index in [1.165, 1.54) is 6.07 Å². The Morgan fingerprint density at radius 2 is 2.31 bits per heavy atom. The second-order valence-electron chi connectivity index (χ2n) is 3.81. The van der Waals surface area contributed by atoms with E-state index >= 15 is 0 Å². The Hall–Kier alpha value is -1.62. The first-order valence-electron chi connectivity index (χ1n) is 5.02. The van der Waals surface area contributed by atoms with E-state index in [-0.39, 0.29) is 17.4 Å². The molecule has 3 N–H and O–H groups in total. The topological polar surface area (TPSA) is 88.8 Å². The molecule has 16 heavy (non-hydrogen) atoms. The summed E-state index contributed by atoms with van der Waals surface area (Å²) in [6, 6.07) is 1.30. The summed E-state index contributed by atoms with van der Waals surface area (Å²) in [5.41, 5.74) is 5.50. The summed E-state index contributed by atoms with van der Waals surface area (Å²) in [6.07, 6.45) is 0. The number of nitrogens with two attached hydrogens (primary N) is 1. The van der Waals surface area contributed by atoms with Crippen LogP contribution in [0.2, 0.25) is 0 Å². The van der Waals surface area contributed by atoms with Gasteiger partial charge in [0.1, 0.15) is 17.1 Å². The summed E-state index contributed by atoms with van der Waals surface area (Å²) in [5.74, 6) is 0.255. The van der Waals surface area contributed by atoms with Crippen LogP contribution in [0.4, 0.5) is 0 Å². The van der Waals surface area contributed by atoms with Crippen LogP contribution < -0.4 is 11.4 Å². The van der Waals surface area contributed by atoms with Crippen molar-refractivity contribution in [1.29, 1.82) is 0 Å². The Balaban J connectivity index is 3.14. The van der Waals surface area contributed by atoms with E-state index in [2.05, 4.69) is 4.99 Å². The van der Waals surface area contributed by atoms with Crippen LogP contribution in [0.15, 0.2) is 20.3 Å². The Labute approximate surface area is 93.6 Å². The van der Waals surface area contributed by atoms with Crippen molar-refractivity contribution < 1.29 is 9.52 Å². The van der Waals surface area contributed by atoms with Crippen molar-refractivity contribution in [2.24, 2.45) is 10.7 Å². The molecule has 0 spiro atoms. The van der Waals surface area contributed by atoms with Gasteiger partial charge in [0.05, 0.1) is 12.3 Å². The van der Waals surface area contributed by atoms with Gasteiger partial charge < -0.3 is 15.3 Å². The minimum Gasteiger partial charge on any atom is -0.507 e. The van der Waals surface area contributed by atoms with Gasteiger partial charge in [-0.3, -0.25) is 4.99 Å². The molecule has 1 rings (SSSR count). The van der Waals surface area contributed by atoms with Crippen molar-refractivity contribution in [3.8, 4) is 5.75 Å². The first kappa shape index (κ1) is 12.4. The van der Waals surface area contributed by atoms with Crippen molar-refractivity contribution in [3.63, 3.8) is 0 Å². The molecule has 5 heteroatoms. The zero-order valence-corrected chi connectivity index (χ0v) is 9.65. The van der Waals surface area contributed by atoms with E-state index in [4.69, 9.17) is 10.2 Å². The summed E-state index contributed by atoms with van der Waals surface area (Å²) >= 11 is 0. The molecule has 0 aliphatic heterocycles. The molecule has 1 aromatic heterocycles. The summed E-state index contributed by atoms with van der Waals surface area (Å²) < 4.78 is 4.89. The van der Waals surface area contributed by atoms with E-state index in [9.17, 15) is 9.90 Å². The quantitative estimate of drug-likeness (QED) is 0.743. The molecule has 0 amide bonds. The summed E-state index contributed by atoms with van der Waals surface area (Å²) in [5, 5.41) is 9.64. The van der Waals surface area contributed by atoms with Gasteiger partial charge in [0.2, 0.25) is 0 Å². The zero-order valence-electron chi connectivity index (χ0n) is 9.65. The van der Waals surface area contributed by atoms with Gasteiger partial charge in [-0.2, -0.15) is 0 Å². The minimum atomic E-state index is -0.580. The Bertz CT molecular complexity index is 461. The first-order valence-corrected chi connectivity index (χ1v) is 5.02. The molecule has 0 saturated heterocycles. The fraction of sp³-hybridized carbons (Fsp3) is 0.455.